The summed E-state index contributed by atoms with van der Waals surface area (Å²) in [6, 6.07) is -2.72. The molecule has 0 bridgehead atoms. The molecule has 0 saturated heterocycles. The zero-order valence-corrected chi connectivity index (χ0v) is 13.8. The van der Waals surface area contributed by atoms with Crippen LogP contribution < -0.4 is 21.7 Å². The molecule has 4 atom stereocenters. The smallest absolute Gasteiger partial charge is 0.343 e. The van der Waals surface area contributed by atoms with Gasteiger partial charge in [0.25, 0.3) is 0 Å². The molecule has 11 heteroatoms. The van der Waals surface area contributed by atoms with E-state index in [1.165, 1.54) is 20.8 Å². The van der Waals surface area contributed by atoms with Crippen molar-refractivity contribution >= 4 is 25.3 Å². The van der Waals surface area contributed by atoms with Gasteiger partial charge in [-0.15, -0.1) is 0 Å². The molecule has 0 fully saturated rings. The maximum Gasteiger partial charge on any atom is 0.347 e. The Morgan fingerprint density at radius 2 is 1.23 bits per heavy atom. The molecule has 0 aromatic carbocycles. The Morgan fingerprint density at radius 1 is 0.864 bits per heavy atom. The van der Waals surface area contributed by atoms with E-state index in [9.17, 15) is 18.9 Å². The van der Waals surface area contributed by atoms with Gasteiger partial charge in [0.15, 0.2) is 0 Å². The van der Waals surface area contributed by atoms with Crippen LogP contribution in [0.15, 0.2) is 0 Å². The van der Waals surface area contributed by atoms with Crippen LogP contribution in [0.3, 0.4) is 0 Å². The van der Waals surface area contributed by atoms with Crippen molar-refractivity contribution in [1.29, 1.82) is 0 Å². The van der Waals surface area contributed by atoms with Crippen molar-refractivity contribution in [2.75, 3.05) is 0 Å². The molecular formula is C11H23N4O6P. The predicted molar refractivity (Wildman–Crippen MR) is 78.5 cm³/mol. The number of hydrogen-bond acceptors (Lipinski definition) is 5. The third-order valence-corrected chi connectivity index (χ3v) is 3.91. The van der Waals surface area contributed by atoms with Gasteiger partial charge in [-0.25, -0.2) is 0 Å². The summed E-state index contributed by atoms with van der Waals surface area (Å²) >= 11 is 0. The molecule has 0 heterocycles. The van der Waals surface area contributed by atoms with Crippen LogP contribution in [0.25, 0.3) is 0 Å². The summed E-state index contributed by atoms with van der Waals surface area (Å²) in [6.07, 6.45) is 0. The summed E-state index contributed by atoms with van der Waals surface area (Å²) in [5.41, 5.74) is 5.35. The van der Waals surface area contributed by atoms with E-state index in [4.69, 9.17) is 15.5 Å². The molecule has 0 aromatic rings. The zero-order valence-electron chi connectivity index (χ0n) is 12.9. The minimum absolute atomic E-state index is 0.519. The number of rotatable bonds is 7. The van der Waals surface area contributed by atoms with Crippen molar-refractivity contribution in [2.24, 2.45) is 5.73 Å². The first kappa shape index (κ1) is 20.5. The number of carbonyl (C=O) groups excluding carboxylic acids is 3. The SMILES string of the molecule is C[C@H](N)C(=O)N[C@@H](C)C(=O)N[C@@H](C)C(=O)N[C@H](C)P(=O)(O)O. The maximum absolute atomic E-state index is 11.8. The molecule has 0 aliphatic rings. The predicted octanol–water partition coefficient (Wildman–Crippen LogP) is -2.02. The summed E-state index contributed by atoms with van der Waals surface area (Å²) in [5, 5.41) is 6.78. The molecule has 0 radical (unpaired) electrons. The van der Waals surface area contributed by atoms with Gasteiger partial charge >= 0.3 is 7.60 Å². The molecule has 0 saturated carbocycles. The van der Waals surface area contributed by atoms with Crippen molar-refractivity contribution in [1.82, 2.24) is 16.0 Å². The highest BCUT2D eigenvalue weighted by Crippen LogP contribution is 2.38. The standard InChI is InChI=1S/C11H23N4O6P/c1-5(12)9(16)13-6(2)10(17)14-7(3)11(18)15-8(4)22(19,20)21/h5-8H,12H2,1-4H3,(H,13,16)(H,14,17)(H,15,18)(H2,19,20,21)/t5-,6-,7-,8-/m0/s1. The van der Waals surface area contributed by atoms with E-state index in [0.717, 1.165) is 6.92 Å². The molecule has 0 aromatic heterocycles. The van der Waals surface area contributed by atoms with E-state index >= 15 is 0 Å². The van der Waals surface area contributed by atoms with Crippen molar-refractivity contribution in [3.8, 4) is 0 Å². The summed E-state index contributed by atoms with van der Waals surface area (Å²) in [7, 11) is -4.45. The average Bonchev–Trinajstić information content (AvgIpc) is 2.36. The maximum atomic E-state index is 11.8. The summed E-state index contributed by atoms with van der Waals surface area (Å²) in [5.74, 6) is -3.26. The lowest BCUT2D eigenvalue weighted by Gasteiger charge is -2.21. The zero-order chi connectivity index (χ0) is 17.7. The molecule has 128 valence electrons. The van der Waals surface area contributed by atoms with Gasteiger partial charge in [0, 0.05) is 0 Å². The van der Waals surface area contributed by atoms with Crippen molar-refractivity contribution in [3.05, 3.63) is 0 Å². The van der Waals surface area contributed by atoms with Gasteiger partial charge in [-0.3, -0.25) is 18.9 Å². The molecule has 10 nitrogen and oxygen atoms in total. The monoisotopic (exact) mass is 338 g/mol. The lowest BCUT2D eigenvalue weighted by Crippen LogP contribution is -2.54. The molecule has 7 N–H and O–H groups in total. The Hall–Kier alpha value is -1.48. The quantitative estimate of drug-likeness (QED) is 0.291. The highest BCUT2D eigenvalue weighted by molar-refractivity contribution is 7.52. The van der Waals surface area contributed by atoms with Gasteiger partial charge in [-0.1, -0.05) is 0 Å². The van der Waals surface area contributed by atoms with E-state index in [1.807, 2.05) is 0 Å². The fraction of sp³-hybridized carbons (Fsp3) is 0.727. The number of nitrogens with two attached hydrogens (primary N) is 1. The molecule has 0 spiro atoms. The van der Waals surface area contributed by atoms with Crippen LogP contribution in [-0.4, -0.2) is 51.4 Å². The molecular weight excluding hydrogens is 315 g/mol. The van der Waals surface area contributed by atoms with Crippen molar-refractivity contribution in [3.63, 3.8) is 0 Å². The Labute approximate surface area is 128 Å². The molecule has 0 unspecified atom stereocenters. The summed E-state index contributed by atoms with van der Waals surface area (Å²) < 4.78 is 10.9. The van der Waals surface area contributed by atoms with Crippen LogP contribution in [0.4, 0.5) is 0 Å². The van der Waals surface area contributed by atoms with Gasteiger partial charge in [-0.2, -0.15) is 0 Å². The average molecular weight is 338 g/mol. The Morgan fingerprint density at radius 3 is 1.59 bits per heavy atom. The van der Waals surface area contributed by atoms with Crippen LogP contribution >= 0.6 is 7.60 Å². The summed E-state index contributed by atoms with van der Waals surface area (Å²) in [6.45, 7) is 5.37. The fourth-order valence-corrected chi connectivity index (χ4v) is 1.52. The molecule has 0 aliphatic carbocycles. The van der Waals surface area contributed by atoms with Crippen LogP contribution in [0.5, 0.6) is 0 Å². The molecule has 3 amide bonds. The van der Waals surface area contributed by atoms with Gasteiger partial charge in [0.2, 0.25) is 17.7 Å². The second kappa shape index (κ2) is 8.23. The normalized spacial score (nSPS) is 16.9. The van der Waals surface area contributed by atoms with Gasteiger partial charge in [0.05, 0.1) is 6.04 Å². The first-order chi connectivity index (χ1) is 9.86. The Kier molecular flexibility index (Phi) is 7.68. The van der Waals surface area contributed by atoms with Crippen molar-refractivity contribution in [2.45, 2.75) is 51.6 Å². The Balaban J connectivity index is 4.49. The van der Waals surface area contributed by atoms with Gasteiger partial charge < -0.3 is 31.5 Å². The number of carbonyl (C=O) groups is 3. The van der Waals surface area contributed by atoms with E-state index in [2.05, 4.69) is 16.0 Å². The lowest BCUT2D eigenvalue weighted by molar-refractivity contribution is -0.131. The first-order valence-corrected chi connectivity index (χ1v) is 8.26. The number of amides is 3. The second-order valence-corrected chi connectivity index (χ2v) is 6.98. The second-order valence-electron chi connectivity index (χ2n) is 5.02. The van der Waals surface area contributed by atoms with Gasteiger partial charge in [-0.05, 0) is 27.7 Å². The fourth-order valence-electron chi connectivity index (χ4n) is 1.23. The van der Waals surface area contributed by atoms with Crippen LogP contribution in [-0.2, 0) is 18.9 Å². The van der Waals surface area contributed by atoms with E-state index in [1.54, 1.807) is 0 Å². The van der Waals surface area contributed by atoms with Crippen molar-refractivity contribution < 1.29 is 28.7 Å². The number of hydrogen-bond donors (Lipinski definition) is 6. The van der Waals surface area contributed by atoms with E-state index in [0.29, 0.717) is 0 Å². The minimum Gasteiger partial charge on any atom is -0.343 e. The van der Waals surface area contributed by atoms with Gasteiger partial charge in [0.1, 0.15) is 17.9 Å². The minimum atomic E-state index is -4.45. The molecule has 0 aliphatic heterocycles. The first-order valence-electron chi connectivity index (χ1n) is 6.58. The number of nitrogens with one attached hydrogen (secondary N) is 3. The molecule has 0 rings (SSSR count). The van der Waals surface area contributed by atoms with E-state index in [-0.39, 0.29) is 0 Å². The highest BCUT2D eigenvalue weighted by atomic mass is 31.2. The van der Waals surface area contributed by atoms with Crippen LogP contribution in [0.1, 0.15) is 27.7 Å². The lowest BCUT2D eigenvalue weighted by atomic mass is 10.2. The van der Waals surface area contributed by atoms with E-state index < -0.39 is 49.2 Å². The van der Waals surface area contributed by atoms with Crippen LogP contribution in [0.2, 0.25) is 0 Å². The molecule has 22 heavy (non-hydrogen) atoms. The summed E-state index contributed by atoms with van der Waals surface area (Å²) in [4.78, 5) is 52.6. The third-order valence-electron chi connectivity index (χ3n) is 2.77. The largest absolute Gasteiger partial charge is 0.347 e. The highest BCUT2D eigenvalue weighted by Gasteiger charge is 2.28. The van der Waals surface area contributed by atoms with Crippen LogP contribution in [0, 0.1) is 0 Å². The topological polar surface area (TPSA) is 171 Å². The Bertz CT molecular complexity index is 477. The third kappa shape index (κ3) is 6.99.